The van der Waals surface area contributed by atoms with Crippen LogP contribution in [0.25, 0.3) is 6.08 Å². The Morgan fingerprint density at radius 1 is 0.947 bits per heavy atom. The maximum atomic E-state index is 13.1. The molecular formula is C31H31N3O4. The highest BCUT2D eigenvalue weighted by atomic mass is 16.4. The lowest BCUT2D eigenvalue weighted by Crippen LogP contribution is -2.39. The molecule has 2 aromatic carbocycles. The Balaban J connectivity index is 1.43. The maximum Gasteiger partial charge on any atom is 0.328 e. The molecule has 7 nitrogen and oxygen atoms in total. The predicted octanol–water partition coefficient (Wildman–Crippen LogP) is 5.62. The number of nitrogens with one attached hydrogen (secondary N) is 3. The van der Waals surface area contributed by atoms with Crippen molar-refractivity contribution in [2.24, 2.45) is 0 Å². The highest BCUT2D eigenvalue weighted by Crippen LogP contribution is 2.23. The second kappa shape index (κ2) is 11.6. The van der Waals surface area contributed by atoms with Gasteiger partial charge in [0.15, 0.2) is 0 Å². The zero-order valence-electron chi connectivity index (χ0n) is 21.5. The molecule has 0 radical (unpaired) electrons. The van der Waals surface area contributed by atoms with Crippen LogP contribution < -0.4 is 16.0 Å². The van der Waals surface area contributed by atoms with E-state index in [0.717, 1.165) is 17.5 Å². The fourth-order valence-electron chi connectivity index (χ4n) is 4.13. The lowest BCUT2D eigenvalue weighted by Gasteiger charge is -2.22. The van der Waals surface area contributed by atoms with Gasteiger partial charge in [-0.15, -0.1) is 0 Å². The van der Waals surface area contributed by atoms with Crippen LogP contribution in [0.15, 0.2) is 96.3 Å². The van der Waals surface area contributed by atoms with Crippen molar-refractivity contribution < 1.29 is 19.5 Å². The summed E-state index contributed by atoms with van der Waals surface area (Å²) in [5, 5.41) is 18.2. The van der Waals surface area contributed by atoms with Gasteiger partial charge in [-0.2, -0.15) is 0 Å². The summed E-state index contributed by atoms with van der Waals surface area (Å²) >= 11 is 0. The normalized spacial score (nSPS) is 14.4. The summed E-state index contributed by atoms with van der Waals surface area (Å²) in [5.41, 5.74) is 3.95. The minimum atomic E-state index is -1.16. The predicted molar refractivity (Wildman–Crippen MR) is 151 cm³/mol. The first-order valence-corrected chi connectivity index (χ1v) is 12.5. The van der Waals surface area contributed by atoms with E-state index in [-0.39, 0.29) is 18.2 Å². The molecule has 0 aliphatic heterocycles. The summed E-state index contributed by atoms with van der Waals surface area (Å²) in [4.78, 5) is 37.5. The van der Waals surface area contributed by atoms with Crippen molar-refractivity contribution in [3.05, 3.63) is 113 Å². The molecule has 0 fully saturated rings. The number of allylic oxidation sites excluding steroid dienone is 8. The average Bonchev–Trinajstić information content (AvgIpc) is 3.24. The van der Waals surface area contributed by atoms with Crippen molar-refractivity contribution in [1.82, 2.24) is 5.32 Å². The van der Waals surface area contributed by atoms with Crippen LogP contribution in [0.4, 0.5) is 11.4 Å². The number of hydrogen-bond acceptors (Lipinski definition) is 4. The van der Waals surface area contributed by atoms with Crippen molar-refractivity contribution in [2.75, 3.05) is 10.6 Å². The first-order chi connectivity index (χ1) is 18.2. The number of carbonyl (C=O) groups excluding carboxylic acids is 2. The summed E-state index contributed by atoms with van der Waals surface area (Å²) in [7, 11) is 0. The van der Waals surface area contributed by atoms with E-state index in [1.54, 1.807) is 38.1 Å². The number of carboxylic acid groups (broad SMARTS) is 1. The van der Waals surface area contributed by atoms with E-state index in [2.05, 4.69) is 22.0 Å². The van der Waals surface area contributed by atoms with Gasteiger partial charge in [0.05, 0.1) is 6.42 Å². The number of anilines is 2. The minimum absolute atomic E-state index is 0.0489. The van der Waals surface area contributed by atoms with E-state index in [0.29, 0.717) is 34.6 Å². The molecule has 0 saturated heterocycles. The number of carbonyl (C=O) groups is 3. The summed E-state index contributed by atoms with van der Waals surface area (Å²) in [5.74, 6) is -1.48. The first-order valence-electron chi connectivity index (χ1n) is 12.5. The van der Waals surface area contributed by atoms with Crippen LogP contribution in [-0.4, -0.2) is 28.4 Å². The van der Waals surface area contributed by atoms with Gasteiger partial charge in [0.25, 0.3) is 5.91 Å². The Bertz CT molecular complexity index is 1410. The largest absolute Gasteiger partial charge is 0.480 e. The summed E-state index contributed by atoms with van der Waals surface area (Å²) in [6.45, 7) is 3.13. The van der Waals surface area contributed by atoms with E-state index >= 15 is 0 Å². The van der Waals surface area contributed by atoms with Crippen molar-refractivity contribution >= 4 is 35.2 Å². The molecule has 38 heavy (non-hydrogen) atoms. The minimum Gasteiger partial charge on any atom is -0.480 e. The van der Waals surface area contributed by atoms with E-state index in [1.165, 1.54) is 0 Å². The van der Waals surface area contributed by atoms with Crippen LogP contribution in [0, 0.1) is 0 Å². The zero-order chi connectivity index (χ0) is 27.1. The lowest BCUT2D eigenvalue weighted by molar-refractivity contribution is -0.141. The molecule has 0 atom stereocenters. The van der Waals surface area contributed by atoms with E-state index in [1.807, 2.05) is 60.7 Å². The Morgan fingerprint density at radius 2 is 1.76 bits per heavy atom. The Kier molecular flexibility index (Phi) is 8.06. The maximum absolute atomic E-state index is 13.1. The summed E-state index contributed by atoms with van der Waals surface area (Å²) < 4.78 is 0. The molecule has 194 valence electrons. The van der Waals surface area contributed by atoms with Crippen LogP contribution >= 0.6 is 0 Å². The van der Waals surface area contributed by atoms with Crippen molar-refractivity contribution in [3.63, 3.8) is 0 Å². The fourth-order valence-corrected chi connectivity index (χ4v) is 4.13. The Morgan fingerprint density at radius 3 is 2.58 bits per heavy atom. The molecule has 0 aromatic heterocycles. The molecule has 0 bridgehead atoms. The molecule has 0 unspecified atom stereocenters. The second-order valence-corrected chi connectivity index (χ2v) is 9.69. The van der Waals surface area contributed by atoms with E-state index < -0.39 is 11.5 Å². The van der Waals surface area contributed by atoms with Crippen LogP contribution in [0.1, 0.15) is 48.2 Å². The molecule has 4 N–H and O–H groups in total. The number of rotatable bonds is 8. The fraction of sp³-hybridized carbons (Fsp3) is 0.194. The second-order valence-electron chi connectivity index (χ2n) is 9.69. The summed E-state index contributed by atoms with van der Waals surface area (Å²) in [6, 6.07) is 12.6. The molecule has 0 saturated carbocycles. The van der Waals surface area contributed by atoms with E-state index in [4.69, 9.17) is 0 Å². The monoisotopic (exact) mass is 509 g/mol. The molecule has 0 heterocycles. The molecule has 2 amide bonds. The van der Waals surface area contributed by atoms with Gasteiger partial charge in [-0.1, -0.05) is 60.7 Å². The molecule has 2 aliphatic carbocycles. The van der Waals surface area contributed by atoms with Gasteiger partial charge in [0.1, 0.15) is 5.54 Å². The Hall–Kier alpha value is -4.65. The zero-order valence-corrected chi connectivity index (χ0v) is 21.5. The SMILES string of the molecule is CC(C)(Nc1cccc(NC(=O)CC2=CC=CCC=C2NC(=O)c2ccc3c(c2)C=CC=CC3)c1)C(=O)O. The number of fused-ring (bicyclic) bond motifs is 1. The van der Waals surface area contributed by atoms with Gasteiger partial charge >= 0.3 is 5.97 Å². The molecule has 4 rings (SSSR count). The van der Waals surface area contributed by atoms with Crippen molar-refractivity contribution in [1.29, 1.82) is 0 Å². The van der Waals surface area contributed by atoms with Crippen molar-refractivity contribution in [3.8, 4) is 0 Å². The Labute approximate surface area is 222 Å². The molecular weight excluding hydrogens is 478 g/mol. The van der Waals surface area contributed by atoms with Gasteiger partial charge in [-0.05, 0) is 73.7 Å². The third-order valence-electron chi connectivity index (χ3n) is 6.24. The quantitative estimate of drug-likeness (QED) is 0.370. The van der Waals surface area contributed by atoms with Crippen LogP contribution in [-0.2, 0) is 16.0 Å². The number of amides is 2. The highest BCUT2D eigenvalue weighted by molar-refractivity contribution is 5.97. The topological polar surface area (TPSA) is 108 Å². The smallest absolute Gasteiger partial charge is 0.328 e. The van der Waals surface area contributed by atoms with Gasteiger partial charge in [0, 0.05) is 22.6 Å². The third-order valence-corrected chi connectivity index (χ3v) is 6.24. The first kappa shape index (κ1) is 26.4. The van der Waals surface area contributed by atoms with E-state index in [9.17, 15) is 19.5 Å². The van der Waals surface area contributed by atoms with Crippen molar-refractivity contribution in [2.45, 2.75) is 38.6 Å². The van der Waals surface area contributed by atoms with Crippen LogP contribution in [0.3, 0.4) is 0 Å². The number of benzene rings is 2. The third kappa shape index (κ3) is 6.76. The van der Waals surface area contributed by atoms with Gasteiger partial charge in [-0.25, -0.2) is 4.79 Å². The van der Waals surface area contributed by atoms with Gasteiger partial charge < -0.3 is 21.1 Å². The van der Waals surface area contributed by atoms with Gasteiger partial charge in [-0.3, -0.25) is 9.59 Å². The standard InChI is InChI=1S/C31H31N3O4/c1-31(2,30(37)38)34-26-14-9-13-25(20-26)32-28(35)19-23-12-7-4-8-15-27(23)33-29(36)24-17-16-21-10-5-3-6-11-22(21)18-24/h3-7,9,11-18,20,34H,8,10,19H2,1-2H3,(H,32,35)(H,33,36)(H,37,38). The molecule has 7 heteroatoms. The molecule has 2 aromatic rings. The molecule has 0 spiro atoms. The number of carboxylic acids is 1. The summed E-state index contributed by atoms with van der Waals surface area (Å²) in [6.07, 6.45) is 17.1. The van der Waals surface area contributed by atoms with Crippen LogP contribution in [0.5, 0.6) is 0 Å². The lowest BCUT2D eigenvalue weighted by atomic mass is 10.0. The highest BCUT2D eigenvalue weighted by Gasteiger charge is 2.26. The molecule has 2 aliphatic rings. The average molecular weight is 510 g/mol. The number of hydrogen-bond donors (Lipinski definition) is 4. The number of aliphatic carboxylic acids is 1. The van der Waals surface area contributed by atoms with Gasteiger partial charge in [0.2, 0.25) is 5.91 Å². The van der Waals surface area contributed by atoms with Crippen LogP contribution in [0.2, 0.25) is 0 Å².